The molecule has 2 heterocycles. The normalized spacial score (nSPS) is 18.0. The van der Waals surface area contributed by atoms with Crippen molar-refractivity contribution in [2.45, 2.75) is 99.9 Å². The van der Waals surface area contributed by atoms with Crippen molar-refractivity contribution in [1.82, 2.24) is 4.98 Å². The number of rotatable bonds is 6. The van der Waals surface area contributed by atoms with Gasteiger partial charge in [0.1, 0.15) is 0 Å². The van der Waals surface area contributed by atoms with E-state index >= 15 is 0 Å². The molecule has 0 spiro atoms. The van der Waals surface area contributed by atoms with Crippen LogP contribution in [0.5, 0.6) is 0 Å². The molecular formula is C26H42N2O3. The molecule has 1 saturated heterocycles. The molecule has 1 aliphatic heterocycles. The Labute approximate surface area is 189 Å². The topological polar surface area (TPSA) is 51.7 Å². The number of hydrogen-bond acceptors (Lipinski definition) is 5. The summed E-state index contributed by atoms with van der Waals surface area (Å²) in [4.78, 5) is 20.5. The van der Waals surface area contributed by atoms with Gasteiger partial charge >= 0.3 is 5.97 Å². The smallest absolute Gasteiger partial charge is 0.340 e. The van der Waals surface area contributed by atoms with E-state index in [1.54, 1.807) is 0 Å². The number of carbonyl (C=O) groups is 1. The molecule has 1 atom stereocenters. The molecule has 174 valence electrons. The van der Waals surface area contributed by atoms with Gasteiger partial charge in [-0.2, -0.15) is 0 Å². The number of aromatic nitrogens is 1. The maximum Gasteiger partial charge on any atom is 0.340 e. The molecule has 5 heteroatoms. The van der Waals surface area contributed by atoms with E-state index < -0.39 is 11.7 Å². The van der Waals surface area contributed by atoms with Gasteiger partial charge in [0.2, 0.25) is 0 Å². The van der Waals surface area contributed by atoms with Crippen LogP contribution in [0, 0.1) is 19.3 Å². The Bertz CT molecular complexity index is 809. The van der Waals surface area contributed by atoms with E-state index in [9.17, 15) is 4.79 Å². The van der Waals surface area contributed by atoms with Crippen LogP contribution in [-0.2, 0) is 14.3 Å². The van der Waals surface area contributed by atoms with Gasteiger partial charge in [0.05, 0.1) is 17.4 Å². The fraction of sp³-hybridized carbons (Fsp3) is 0.692. The minimum absolute atomic E-state index is 0.216. The fourth-order valence-electron chi connectivity index (χ4n) is 4.09. The highest BCUT2D eigenvalue weighted by atomic mass is 16.6. The highest BCUT2D eigenvalue weighted by Gasteiger charge is 2.37. The molecule has 0 bridgehead atoms. The summed E-state index contributed by atoms with van der Waals surface area (Å²) in [6.45, 7) is 22.2. The number of anilines is 1. The Morgan fingerprint density at radius 3 is 2.19 bits per heavy atom. The zero-order valence-corrected chi connectivity index (χ0v) is 21.3. The first kappa shape index (κ1) is 25.4. The van der Waals surface area contributed by atoms with E-state index in [0.29, 0.717) is 5.41 Å². The summed E-state index contributed by atoms with van der Waals surface area (Å²) in [7, 11) is 0. The molecule has 0 amide bonds. The largest absolute Gasteiger partial charge is 0.461 e. The monoisotopic (exact) mass is 430 g/mol. The van der Waals surface area contributed by atoms with E-state index in [4.69, 9.17) is 14.5 Å². The highest BCUT2D eigenvalue weighted by molar-refractivity contribution is 5.83. The number of pyridine rings is 1. The van der Waals surface area contributed by atoms with E-state index in [0.717, 1.165) is 54.1 Å². The van der Waals surface area contributed by atoms with Crippen LogP contribution in [0.1, 0.15) is 96.9 Å². The molecule has 2 rings (SSSR count). The van der Waals surface area contributed by atoms with Crippen molar-refractivity contribution in [2.75, 3.05) is 18.0 Å². The lowest BCUT2D eigenvalue weighted by Crippen LogP contribution is -2.39. The van der Waals surface area contributed by atoms with Crippen molar-refractivity contribution in [3.8, 4) is 0 Å². The van der Waals surface area contributed by atoms with Crippen LogP contribution >= 0.6 is 0 Å². The van der Waals surface area contributed by atoms with Crippen LogP contribution in [0.2, 0.25) is 0 Å². The lowest BCUT2D eigenvalue weighted by molar-refractivity contribution is -0.171. The minimum Gasteiger partial charge on any atom is -0.461 e. The van der Waals surface area contributed by atoms with E-state index in [1.165, 1.54) is 0 Å². The van der Waals surface area contributed by atoms with Gasteiger partial charge in [-0.25, -0.2) is 4.79 Å². The zero-order valence-electron chi connectivity index (χ0n) is 21.3. The quantitative estimate of drug-likeness (QED) is 0.505. The van der Waals surface area contributed by atoms with Crippen molar-refractivity contribution in [3.63, 3.8) is 0 Å². The Morgan fingerprint density at radius 2 is 1.71 bits per heavy atom. The average molecular weight is 431 g/mol. The zero-order chi connectivity index (χ0) is 23.6. The summed E-state index contributed by atoms with van der Waals surface area (Å²) in [6, 6.07) is 0. The van der Waals surface area contributed by atoms with Gasteiger partial charge in [-0.05, 0) is 73.6 Å². The number of aryl methyl sites for hydroxylation is 2. The van der Waals surface area contributed by atoms with E-state index in [-0.39, 0.29) is 12.1 Å². The first-order valence-electron chi connectivity index (χ1n) is 11.5. The van der Waals surface area contributed by atoms with Crippen LogP contribution in [0.4, 0.5) is 5.69 Å². The van der Waals surface area contributed by atoms with Gasteiger partial charge in [-0.15, -0.1) is 0 Å². The third-order valence-corrected chi connectivity index (χ3v) is 5.69. The number of esters is 1. The molecule has 0 unspecified atom stereocenters. The summed E-state index contributed by atoms with van der Waals surface area (Å²) in [5, 5.41) is 0. The summed E-state index contributed by atoms with van der Waals surface area (Å²) in [5.74, 6) is -0.358. The molecule has 1 aromatic heterocycles. The second kappa shape index (κ2) is 9.72. The number of piperidine rings is 1. The first-order chi connectivity index (χ1) is 14.3. The predicted molar refractivity (Wildman–Crippen MR) is 128 cm³/mol. The third kappa shape index (κ3) is 6.55. The maximum atomic E-state index is 13.3. The average Bonchev–Trinajstić information content (AvgIpc) is 2.61. The molecule has 0 aromatic carbocycles. The van der Waals surface area contributed by atoms with Crippen LogP contribution in [0.25, 0.3) is 6.08 Å². The van der Waals surface area contributed by atoms with Gasteiger partial charge in [0.15, 0.2) is 6.10 Å². The van der Waals surface area contributed by atoms with Crippen LogP contribution < -0.4 is 4.90 Å². The highest BCUT2D eigenvalue weighted by Crippen LogP contribution is 2.41. The molecule has 31 heavy (non-hydrogen) atoms. The molecule has 0 aliphatic carbocycles. The summed E-state index contributed by atoms with van der Waals surface area (Å²) < 4.78 is 12.0. The van der Waals surface area contributed by atoms with Crippen molar-refractivity contribution >= 4 is 17.7 Å². The Kier molecular flexibility index (Phi) is 7.96. The Morgan fingerprint density at radius 1 is 1.13 bits per heavy atom. The lowest BCUT2D eigenvalue weighted by Gasteiger charge is -2.41. The molecule has 1 aliphatic rings. The van der Waals surface area contributed by atoms with Crippen molar-refractivity contribution in [3.05, 3.63) is 28.6 Å². The lowest BCUT2D eigenvalue weighted by atomic mass is 9.82. The summed E-state index contributed by atoms with van der Waals surface area (Å²) in [5.41, 5.74) is 4.55. The Balaban J connectivity index is 2.72. The third-order valence-electron chi connectivity index (χ3n) is 5.69. The standard InChI is InChI=1S/C26H42N2O3/c1-11-12-20-18(4)27-19(5)21(22(20)28-15-13-26(9,10)14-16-28)23(31-25(6,7)8)24(29)30-17(2)3/h11-12,17,23H,13-16H2,1-10H3/b12-11+/t23-/m0/s1. The van der Waals surface area contributed by atoms with Gasteiger partial charge < -0.3 is 14.4 Å². The molecule has 0 N–H and O–H groups in total. The number of nitrogens with zero attached hydrogens (tertiary/aromatic N) is 2. The number of carbonyl (C=O) groups excluding carboxylic acids is 1. The first-order valence-corrected chi connectivity index (χ1v) is 11.5. The van der Waals surface area contributed by atoms with E-state index in [1.807, 2.05) is 61.5 Å². The number of allylic oxidation sites excluding steroid dienone is 1. The fourth-order valence-corrected chi connectivity index (χ4v) is 4.09. The second-order valence-electron chi connectivity index (χ2n) is 10.7. The van der Waals surface area contributed by atoms with Crippen molar-refractivity contribution in [1.29, 1.82) is 0 Å². The van der Waals surface area contributed by atoms with Gasteiger partial charge in [0.25, 0.3) is 0 Å². The molecule has 0 radical (unpaired) electrons. The number of ether oxygens (including phenoxy) is 2. The molecule has 5 nitrogen and oxygen atoms in total. The van der Waals surface area contributed by atoms with Crippen LogP contribution in [0.15, 0.2) is 6.08 Å². The SMILES string of the molecule is C/C=C/c1c(C)nc(C)c([C@H](OC(C)(C)C)C(=O)OC(C)C)c1N1CCC(C)(C)CC1. The van der Waals surface area contributed by atoms with Gasteiger partial charge in [-0.1, -0.05) is 26.0 Å². The van der Waals surface area contributed by atoms with Crippen molar-refractivity contribution < 1.29 is 14.3 Å². The molecule has 1 aromatic rings. The second-order valence-corrected chi connectivity index (χ2v) is 10.7. The summed E-state index contributed by atoms with van der Waals surface area (Å²) >= 11 is 0. The summed E-state index contributed by atoms with van der Waals surface area (Å²) in [6.07, 6.45) is 5.29. The molecular weight excluding hydrogens is 388 g/mol. The Hall–Kier alpha value is -1.88. The van der Waals surface area contributed by atoms with Gasteiger partial charge in [-0.3, -0.25) is 4.98 Å². The van der Waals surface area contributed by atoms with Gasteiger partial charge in [0, 0.05) is 35.6 Å². The molecule has 1 fully saturated rings. The maximum absolute atomic E-state index is 13.3. The van der Waals surface area contributed by atoms with Crippen LogP contribution in [-0.4, -0.2) is 35.7 Å². The van der Waals surface area contributed by atoms with Crippen molar-refractivity contribution in [2.24, 2.45) is 5.41 Å². The molecule has 0 saturated carbocycles. The predicted octanol–water partition coefficient (Wildman–Crippen LogP) is 6.17. The van der Waals surface area contributed by atoms with E-state index in [2.05, 4.69) is 24.8 Å². The minimum atomic E-state index is -0.829. The van der Waals surface area contributed by atoms with Crippen LogP contribution in [0.3, 0.4) is 0 Å². The number of hydrogen-bond donors (Lipinski definition) is 0.